The third kappa shape index (κ3) is 4.31. The van der Waals surface area contributed by atoms with Gasteiger partial charge in [0.2, 0.25) is 0 Å². The van der Waals surface area contributed by atoms with Crippen LogP contribution >= 0.6 is 0 Å². The van der Waals surface area contributed by atoms with Gasteiger partial charge in [-0.2, -0.15) is 9.97 Å². The van der Waals surface area contributed by atoms with Crippen molar-refractivity contribution in [1.82, 2.24) is 24.8 Å². The van der Waals surface area contributed by atoms with Crippen molar-refractivity contribution in [3.8, 4) is 29.8 Å². The van der Waals surface area contributed by atoms with E-state index in [1.807, 2.05) is 4.90 Å². The van der Waals surface area contributed by atoms with E-state index in [9.17, 15) is 18.7 Å². The number of rotatable bonds is 5. The molecule has 4 aliphatic heterocycles. The van der Waals surface area contributed by atoms with E-state index in [1.165, 1.54) is 35.0 Å². The molecule has 8 rings (SSSR count). The zero-order valence-electron chi connectivity index (χ0n) is 26.8. The van der Waals surface area contributed by atoms with Crippen LogP contribution in [0.2, 0.25) is 0 Å². The number of alkyl halides is 1. The summed E-state index contributed by atoms with van der Waals surface area (Å²) in [7, 11) is 0. The van der Waals surface area contributed by atoms with Gasteiger partial charge in [0, 0.05) is 55.8 Å². The highest BCUT2D eigenvalue weighted by atomic mass is 19.1. The first-order chi connectivity index (χ1) is 22.4. The minimum atomic E-state index is -2.50. The smallest absolute Gasteiger partial charge is 0.319 e. The van der Waals surface area contributed by atoms with E-state index in [1.54, 1.807) is 11.0 Å². The van der Waals surface area contributed by atoms with Crippen molar-refractivity contribution in [2.45, 2.75) is 55.9 Å². The van der Waals surface area contributed by atoms with Gasteiger partial charge >= 0.3 is 6.01 Å². The average molecular weight is 602 g/mol. The number of pyridine rings is 1. The Hall–Kier alpha value is -4.27. The van der Waals surface area contributed by atoms with Gasteiger partial charge in [0.05, 0.1) is 26.3 Å². The lowest BCUT2D eigenvalue weighted by Crippen LogP contribution is -2.51. The van der Waals surface area contributed by atoms with Crippen LogP contribution in [0.15, 0.2) is 41.3 Å². The molecule has 6 heterocycles. The second-order valence-corrected chi connectivity index (χ2v) is 12.2. The number of terminal acetylenes is 1. The predicted molar refractivity (Wildman–Crippen MR) is 163 cm³/mol. The molecule has 0 saturated carbocycles. The SMILES string of the molecule is [2H]C([2H])(Oc1nc(N2C[C@H]3CC[C@@H](C2)N3)c2ccn(-c3cc(O)cc4ccc(F)c(C#C)c34)c(=O)c2n1)[C@@]12CCCN1C[C@]([2H])(F)C2. The number of hydrogen-bond donors (Lipinski definition) is 2. The van der Waals surface area contributed by atoms with Gasteiger partial charge in [0.25, 0.3) is 5.56 Å². The molecule has 2 N–H and O–H groups in total. The van der Waals surface area contributed by atoms with E-state index in [4.69, 9.17) is 15.3 Å². The number of benzene rings is 2. The fourth-order valence-corrected chi connectivity index (χ4v) is 7.50. The molecule has 2 aromatic heterocycles. The summed E-state index contributed by atoms with van der Waals surface area (Å²) in [6.07, 6.45) is 7.35. The van der Waals surface area contributed by atoms with Crippen molar-refractivity contribution in [2.24, 2.45) is 0 Å². The van der Waals surface area contributed by atoms with E-state index in [-0.39, 0.29) is 59.4 Å². The van der Waals surface area contributed by atoms with Crippen LogP contribution in [-0.2, 0) is 0 Å². The molecule has 4 aromatic rings. The van der Waals surface area contributed by atoms with Crippen molar-refractivity contribution in [2.75, 3.05) is 37.6 Å². The monoisotopic (exact) mass is 601 g/mol. The summed E-state index contributed by atoms with van der Waals surface area (Å²) in [5.41, 5.74) is -2.07. The Kier molecular flexibility index (Phi) is 5.55. The molecule has 11 heteroatoms. The van der Waals surface area contributed by atoms with Gasteiger partial charge in [-0.15, -0.1) is 6.42 Å². The maximum Gasteiger partial charge on any atom is 0.319 e. The number of nitrogens with one attached hydrogen (secondary N) is 1. The Morgan fingerprint density at radius 1 is 1.23 bits per heavy atom. The van der Waals surface area contributed by atoms with Gasteiger partial charge in [0.15, 0.2) is 0 Å². The molecule has 2 aromatic carbocycles. The summed E-state index contributed by atoms with van der Waals surface area (Å²) in [4.78, 5) is 27.2. The van der Waals surface area contributed by atoms with Gasteiger partial charge in [0.1, 0.15) is 35.6 Å². The van der Waals surface area contributed by atoms with Crippen LogP contribution in [0.5, 0.6) is 11.8 Å². The molecule has 4 atom stereocenters. The minimum Gasteiger partial charge on any atom is -0.508 e. The Labute approximate surface area is 256 Å². The number of phenolic OH excluding ortho intramolecular Hbond substituents is 1. The molecular weight excluding hydrogens is 566 g/mol. The third-order valence-corrected chi connectivity index (χ3v) is 9.47. The fraction of sp³-hybridized carbons (Fsp3) is 0.424. The quantitative estimate of drug-likeness (QED) is 0.335. The van der Waals surface area contributed by atoms with Crippen LogP contribution < -0.4 is 20.5 Å². The molecule has 0 radical (unpaired) electrons. The number of piperazine rings is 1. The summed E-state index contributed by atoms with van der Waals surface area (Å²) in [6, 6.07) is 7.10. The van der Waals surface area contributed by atoms with Crippen LogP contribution in [0.4, 0.5) is 14.6 Å². The molecule has 0 amide bonds. The highest BCUT2D eigenvalue weighted by Gasteiger charge is 2.49. The molecular formula is C33H32F2N6O3. The lowest BCUT2D eigenvalue weighted by atomic mass is 9.95. The van der Waals surface area contributed by atoms with E-state index < -0.39 is 35.6 Å². The van der Waals surface area contributed by atoms with Gasteiger partial charge in [-0.05, 0) is 55.8 Å². The summed E-state index contributed by atoms with van der Waals surface area (Å²) in [6.45, 7) is -1.10. The van der Waals surface area contributed by atoms with Crippen LogP contribution in [0.25, 0.3) is 27.4 Å². The Bertz CT molecular complexity index is 2060. The predicted octanol–water partition coefficient (Wildman–Crippen LogP) is 3.66. The molecule has 4 saturated heterocycles. The Balaban J connectivity index is 1.31. The lowest BCUT2D eigenvalue weighted by molar-refractivity contribution is 0.107. The van der Waals surface area contributed by atoms with Gasteiger partial charge < -0.3 is 20.1 Å². The molecule has 9 nitrogen and oxygen atoms in total. The molecule has 0 spiro atoms. The van der Waals surface area contributed by atoms with Crippen LogP contribution in [0, 0.1) is 18.2 Å². The molecule has 4 aliphatic rings. The lowest BCUT2D eigenvalue weighted by Gasteiger charge is -2.34. The van der Waals surface area contributed by atoms with E-state index in [0.717, 1.165) is 12.8 Å². The number of hydrogen-bond acceptors (Lipinski definition) is 8. The Morgan fingerprint density at radius 3 is 2.84 bits per heavy atom. The summed E-state index contributed by atoms with van der Waals surface area (Å²) >= 11 is 0. The molecule has 4 fully saturated rings. The number of nitrogens with zero attached hydrogens (tertiary/aromatic N) is 5. The summed E-state index contributed by atoms with van der Waals surface area (Å²) in [5.74, 6) is 1.93. The maximum absolute atomic E-state index is 15.0. The van der Waals surface area contributed by atoms with Gasteiger partial charge in [-0.3, -0.25) is 14.3 Å². The molecule has 0 aliphatic carbocycles. The van der Waals surface area contributed by atoms with Crippen molar-refractivity contribution in [3.05, 3.63) is 58.3 Å². The molecule has 226 valence electrons. The highest BCUT2D eigenvalue weighted by molar-refractivity contribution is 5.97. The first-order valence-corrected chi connectivity index (χ1v) is 14.9. The summed E-state index contributed by atoms with van der Waals surface area (Å²) in [5, 5.41) is 15.2. The maximum atomic E-state index is 15.0. The number of phenols is 1. The zero-order chi connectivity index (χ0) is 32.9. The minimum absolute atomic E-state index is 0.0725. The average Bonchev–Trinajstić information content (AvgIpc) is 3.66. The number of fused-ring (bicyclic) bond motifs is 5. The number of aromatic nitrogens is 3. The van der Waals surface area contributed by atoms with Gasteiger partial charge in [-0.25, -0.2) is 8.78 Å². The van der Waals surface area contributed by atoms with Crippen LogP contribution in [0.3, 0.4) is 0 Å². The topological polar surface area (TPSA) is 95.8 Å². The van der Waals surface area contributed by atoms with Crippen LogP contribution in [-0.4, -0.2) is 81.0 Å². The number of halogens is 2. The van der Waals surface area contributed by atoms with Crippen molar-refractivity contribution in [1.29, 1.82) is 0 Å². The summed E-state index contributed by atoms with van der Waals surface area (Å²) < 4.78 is 63.2. The fourth-order valence-electron chi connectivity index (χ4n) is 7.50. The first-order valence-electron chi connectivity index (χ1n) is 16.4. The number of anilines is 1. The Morgan fingerprint density at radius 2 is 2.05 bits per heavy atom. The second kappa shape index (κ2) is 10.1. The standard InChI is InChI=1S/C33H32F2N6O3/c1-2-24-26(35)7-4-19-12-23(42)13-27(28(19)24)41-11-8-25-29(31(41)43)37-32(38-30(25)39-16-21-5-6-22(17-39)36-21)44-18-33-9-3-10-40(33)15-20(34)14-33/h1,4,7-8,11-13,20-22,36,42H,3,5-6,9-10,14-18H2/t20-,21-,22+,33+/m1/s1/i18D2,20D. The second-order valence-electron chi connectivity index (χ2n) is 12.2. The van der Waals surface area contributed by atoms with Gasteiger partial charge in [-0.1, -0.05) is 12.0 Å². The van der Waals surface area contributed by atoms with Crippen LogP contribution in [0.1, 0.15) is 41.8 Å². The number of aromatic hydroxyl groups is 1. The van der Waals surface area contributed by atoms with E-state index in [0.29, 0.717) is 42.6 Å². The van der Waals surface area contributed by atoms with Crippen molar-refractivity contribution >= 4 is 27.5 Å². The first kappa shape index (κ1) is 24.1. The van der Waals surface area contributed by atoms with Crippen molar-refractivity contribution in [3.63, 3.8) is 0 Å². The number of ether oxygens (including phenoxy) is 1. The largest absolute Gasteiger partial charge is 0.508 e. The molecule has 0 unspecified atom stereocenters. The molecule has 2 bridgehead atoms. The van der Waals surface area contributed by atoms with Crippen molar-refractivity contribution < 1.29 is 22.7 Å². The zero-order valence-corrected chi connectivity index (χ0v) is 23.8. The van der Waals surface area contributed by atoms with E-state index >= 15 is 0 Å². The van der Waals surface area contributed by atoms with E-state index in [2.05, 4.69) is 21.2 Å². The third-order valence-electron chi connectivity index (χ3n) is 9.47. The normalized spacial score (nSPS) is 29.4. The highest BCUT2D eigenvalue weighted by Crippen LogP contribution is 2.40. The molecule has 44 heavy (non-hydrogen) atoms.